The summed E-state index contributed by atoms with van der Waals surface area (Å²) in [7, 11) is 1.54. The monoisotopic (exact) mass is 143 g/mol. The van der Waals surface area contributed by atoms with E-state index in [0.717, 1.165) is 6.07 Å². The molecule has 0 aliphatic rings. The summed E-state index contributed by atoms with van der Waals surface area (Å²) in [6.07, 6.45) is 0. The van der Waals surface area contributed by atoms with Crippen molar-refractivity contribution in [3.8, 4) is 0 Å². The lowest BCUT2D eigenvalue weighted by atomic mass is 10.6. The van der Waals surface area contributed by atoms with Crippen molar-refractivity contribution < 1.29 is 4.39 Å². The van der Waals surface area contributed by atoms with Crippen molar-refractivity contribution in [1.82, 2.24) is 9.97 Å². The van der Waals surface area contributed by atoms with Gasteiger partial charge in [0.25, 0.3) is 5.56 Å². The second kappa shape index (κ2) is 2.47. The molecule has 0 saturated heterocycles. The Hall–Kier alpha value is -1.39. The fourth-order valence-corrected chi connectivity index (χ4v) is 0.546. The summed E-state index contributed by atoms with van der Waals surface area (Å²) in [5.41, 5.74) is -0.503. The minimum atomic E-state index is -0.784. The first kappa shape index (κ1) is 6.73. The summed E-state index contributed by atoms with van der Waals surface area (Å²) in [4.78, 5) is 16.1. The van der Waals surface area contributed by atoms with Gasteiger partial charge in [0.05, 0.1) is 6.07 Å². The van der Waals surface area contributed by atoms with Gasteiger partial charge in [-0.25, -0.2) is 0 Å². The Morgan fingerprint density at radius 3 is 3.00 bits per heavy atom. The Morgan fingerprint density at radius 1 is 1.80 bits per heavy atom. The van der Waals surface area contributed by atoms with Crippen LogP contribution in [0.2, 0.25) is 0 Å². The SMILES string of the molecule is CNc1nc(F)cc(=O)[nH]1. The second-order valence-corrected chi connectivity index (χ2v) is 1.67. The molecule has 0 atom stereocenters. The zero-order valence-electron chi connectivity index (χ0n) is 5.31. The number of halogens is 1. The maximum absolute atomic E-state index is 12.2. The molecule has 0 spiro atoms. The van der Waals surface area contributed by atoms with Gasteiger partial charge < -0.3 is 5.32 Å². The van der Waals surface area contributed by atoms with Gasteiger partial charge in [0.15, 0.2) is 0 Å². The number of H-pyrrole nitrogens is 1. The van der Waals surface area contributed by atoms with Crippen LogP contribution in [0.5, 0.6) is 0 Å². The van der Waals surface area contributed by atoms with E-state index in [9.17, 15) is 9.18 Å². The number of nitrogens with zero attached hydrogens (tertiary/aromatic N) is 1. The van der Waals surface area contributed by atoms with Crippen LogP contribution in [-0.2, 0) is 0 Å². The molecule has 4 nitrogen and oxygen atoms in total. The topological polar surface area (TPSA) is 57.8 Å². The predicted molar refractivity (Wildman–Crippen MR) is 34.4 cm³/mol. The highest BCUT2D eigenvalue weighted by Gasteiger charge is 1.95. The highest BCUT2D eigenvalue weighted by molar-refractivity contribution is 5.20. The lowest BCUT2D eigenvalue weighted by Crippen LogP contribution is -2.10. The van der Waals surface area contributed by atoms with E-state index in [4.69, 9.17) is 0 Å². The lowest BCUT2D eigenvalue weighted by molar-refractivity contribution is 0.579. The van der Waals surface area contributed by atoms with Gasteiger partial charge in [-0.15, -0.1) is 0 Å². The van der Waals surface area contributed by atoms with Crippen LogP contribution < -0.4 is 10.9 Å². The van der Waals surface area contributed by atoms with Crippen molar-refractivity contribution in [2.45, 2.75) is 0 Å². The molecule has 2 N–H and O–H groups in total. The van der Waals surface area contributed by atoms with Crippen LogP contribution in [0.1, 0.15) is 0 Å². The Kier molecular flexibility index (Phi) is 1.66. The van der Waals surface area contributed by atoms with Crippen LogP contribution in [0.4, 0.5) is 10.3 Å². The van der Waals surface area contributed by atoms with Crippen molar-refractivity contribution in [3.63, 3.8) is 0 Å². The molecule has 1 rings (SSSR count). The van der Waals surface area contributed by atoms with E-state index in [1.165, 1.54) is 7.05 Å². The molecule has 0 radical (unpaired) electrons. The third-order valence-electron chi connectivity index (χ3n) is 0.947. The van der Waals surface area contributed by atoms with E-state index in [1.54, 1.807) is 0 Å². The van der Waals surface area contributed by atoms with Gasteiger partial charge in [0.1, 0.15) is 0 Å². The highest BCUT2D eigenvalue weighted by Crippen LogP contribution is 1.91. The van der Waals surface area contributed by atoms with Crippen molar-refractivity contribution >= 4 is 5.95 Å². The van der Waals surface area contributed by atoms with E-state index in [2.05, 4.69) is 15.3 Å². The molecule has 0 amide bonds. The maximum Gasteiger partial charge on any atom is 0.255 e. The van der Waals surface area contributed by atoms with Crippen molar-refractivity contribution in [3.05, 3.63) is 22.4 Å². The minimum absolute atomic E-state index is 0.130. The first-order valence-electron chi connectivity index (χ1n) is 2.67. The average molecular weight is 143 g/mol. The lowest BCUT2D eigenvalue weighted by Gasteiger charge is -1.95. The number of aromatic amines is 1. The second-order valence-electron chi connectivity index (χ2n) is 1.67. The summed E-state index contributed by atoms with van der Waals surface area (Å²) >= 11 is 0. The highest BCUT2D eigenvalue weighted by atomic mass is 19.1. The molecule has 0 aromatic carbocycles. The molecule has 0 aliphatic heterocycles. The first-order valence-corrected chi connectivity index (χ1v) is 2.67. The average Bonchev–Trinajstić information content (AvgIpc) is 1.85. The van der Waals surface area contributed by atoms with E-state index in [0.29, 0.717) is 0 Å². The van der Waals surface area contributed by atoms with E-state index < -0.39 is 11.5 Å². The Morgan fingerprint density at radius 2 is 2.50 bits per heavy atom. The van der Waals surface area contributed by atoms with Gasteiger partial charge in [-0.3, -0.25) is 9.78 Å². The number of anilines is 1. The van der Waals surface area contributed by atoms with Gasteiger partial charge in [-0.1, -0.05) is 0 Å². The Labute approximate surface area is 56.1 Å². The molecule has 1 heterocycles. The molecule has 0 fully saturated rings. The molecule has 10 heavy (non-hydrogen) atoms. The summed E-state index contributed by atoms with van der Waals surface area (Å²) in [5, 5.41) is 2.50. The number of rotatable bonds is 1. The number of hydrogen-bond donors (Lipinski definition) is 2. The third-order valence-corrected chi connectivity index (χ3v) is 0.947. The van der Waals surface area contributed by atoms with Crippen LogP contribution in [-0.4, -0.2) is 17.0 Å². The molecular weight excluding hydrogens is 137 g/mol. The maximum atomic E-state index is 12.2. The fraction of sp³-hybridized carbons (Fsp3) is 0.200. The van der Waals surface area contributed by atoms with E-state index in [1.807, 2.05) is 0 Å². The molecule has 0 unspecified atom stereocenters. The summed E-state index contributed by atoms with van der Waals surface area (Å²) in [6, 6.07) is 0.779. The quantitative estimate of drug-likeness (QED) is 0.542. The van der Waals surface area contributed by atoms with Gasteiger partial charge >= 0.3 is 0 Å². The number of hydrogen-bond acceptors (Lipinski definition) is 3. The van der Waals surface area contributed by atoms with Crippen molar-refractivity contribution in [2.75, 3.05) is 12.4 Å². The molecule has 1 aromatic heterocycles. The zero-order chi connectivity index (χ0) is 7.56. The van der Waals surface area contributed by atoms with E-state index in [-0.39, 0.29) is 5.95 Å². The molecule has 0 aliphatic carbocycles. The van der Waals surface area contributed by atoms with Crippen molar-refractivity contribution in [2.24, 2.45) is 0 Å². The standard InChI is InChI=1S/C5H6FN3O/c1-7-5-8-3(6)2-4(10)9-5/h2H,1H3,(H2,7,8,9,10). The van der Waals surface area contributed by atoms with Crippen LogP contribution in [0.3, 0.4) is 0 Å². The van der Waals surface area contributed by atoms with E-state index >= 15 is 0 Å². The molecule has 0 saturated carbocycles. The molecule has 0 bridgehead atoms. The summed E-state index contributed by atoms with van der Waals surface area (Å²) < 4.78 is 12.2. The van der Waals surface area contributed by atoms with Crippen LogP contribution in [0.25, 0.3) is 0 Å². The van der Waals surface area contributed by atoms with Crippen LogP contribution in [0.15, 0.2) is 10.9 Å². The summed E-state index contributed by atoms with van der Waals surface area (Å²) in [5.74, 6) is -0.655. The number of aromatic nitrogens is 2. The van der Waals surface area contributed by atoms with Gasteiger partial charge in [-0.2, -0.15) is 9.37 Å². The largest absolute Gasteiger partial charge is 0.359 e. The molecular formula is C5H6FN3O. The van der Waals surface area contributed by atoms with Crippen LogP contribution >= 0.6 is 0 Å². The summed E-state index contributed by atoms with van der Waals surface area (Å²) in [6.45, 7) is 0. The van der Waals surface area contributed by atoms with Gasteiger partial charge in [0.2, 0.25) is 11.9 Å². The molecule has 5 heteroatoms. The normalized spacial score (nSPS) is 9.40. The minimum Gasteiger partial charge on any atom is -0.359 e. The Bertz CT molecular complexity index is 282. The predicted octanol–water partition coefficient (Wildman–Crippen LogP) is -0.0493. The van der Waals surface area contributed by atoms with Crippen molar-refractivity contribution in [1.29, 1.82) is 0 Å². The van der Waals surface area contributed by atoms with Crippen LogP contribution in [0, 0.1) is 5.95 Å². The first-order chi connectivity index (χ1) is 4.72. The fourth-order valence-electron chi connectivity index (χ4n) is 0.546. The van der Waals surface area contributed by atoms with Gasteiger partial charge in [0, 0.05) is 7.05 Å². The molecule has 1 aromatic rings. The molecule has 54 valence electrons. The Balaban J connectivity index is 3.19. The van der Waals surface area contributed by atoms with Gasteiger partial charge in [-0.05, 0) is 0 Å². The third kappa shape index (κ3) is 1.31. The zero-order valence-corrected chi connectivity index (χ0v) is 5.31. The number of nitrogens with one attached hydrogen (secondary N) is 2. The smallest absolute Gasteiger partial charge is 0.255 e.